The average Bonchev–Trinajstić information content (AvgIpc) is 2.78. The zero-order valence-electron chi connectivity index (χ0n) is 18.6. The van der Waals surface area contributed by atoms with Crippen molar-refractivity contribution in [2.45, 2.75) is 21.4 Å². The predicted octanol–water partition coefficient (Wildman–Crippen LogP) is 6.85. The van der Waals surface area contributed by atoms with E-state index in [0.717, 1.165) is 5.69 Å². The van der Waals surface area contributed by atoms with Gasteiger partial charge >= 0.3 is 0 Å². The van der Waals surface area contributed by atoms with Crippen molar-refractivity contribution in [2.24, 2.45) is 4.99 Å². The number of hydrogen-bond donors (Lipinski definition) is 1. The van der Waals surface area contributed by atoms with Gasteiger partial charge in [-0.3, -0.25) is 9.59 Å². The summed E-state index contributed by atoms with van der Waals surface area (Å²) in [6.45, 7) is 3.59. The molecule has 4 rings (SSSR count). The quantitative estimate of drug-likeness (QED) is 0.201. The summed E-state index contributed by atoms with van der Waals surface area (Å²) in [6, 6.07) is 16.5. The van der Waals surface area contributed by atoms with Gasteiger partial charge in [0.05, 0.1) is 27.8 Å². The van der Waals surface area contributed by atoms with Crippen LogP contribution in [0.3, 0.4) is 0 Å². The normalized spacial score (nSPS) is 12.8. The highest BCUT2D eigenvalue weighted by molar-refractivity contribution is 6.77. The number of hydrogen-bond acceptors (Lipinski definition) is 3. The summed E-state index contributed by atoms with van der Waals surface area (Å²) in [5.74, 6) is -1.71. The van der Waals surface area contributed by atoms with Gasteiger partial charge in [0.25, 0.3) is 19.4 Å². The first-order valence-electron chi connectivity index (χ1n) is 10.3. The van der Waals surface area contributed by atoms with Crippen LogP contribution >= 0.6 is 69.6 Å². The molecule has 0 bridgehead atoms. The molecule has 1 N–H and O–H groups in total. The van der Waals surface area contributed by atoms with E-state index < -0.39 is 19.4 Å². The van der Waals surface area contributed by atoms with Crippen LogP contribution in [-0.4, -0.2) is 29.0 Å². The molecule has 0 saturated carbocycles. The lowest BCUT2D eigenvalue weighted by atomic mass is 10.1. The van der Waals surface area contributed by atoms with E-state index in [4.69, 9.17) is 74.6 Å². The topological polar surface area (TPSA) is 76.3 Å². The van der Waals surface area contributed by atoms with Crippen LogP contribution in [0.1, 0.15) is 11.1 Å². The predicted molar refractivity (Wildman–Crippen MR) is 147 cm³/mol. The molecule has 1 aliphatic heterocycles. The van der Waals surface area contributed by atoms with Gasteiger partial charge in [-0.05, 0) is 61.4 Å². The number of alkyl halides is 6. The molecule has 36 heavy (non-hydrogen) atoms. The SMILES string of the molecule is Cc1cc2nc3cc(C)c(=NC(=O)C(Cl)(Cl)Cl)cc-3n(-c3ccccc3)c2cc1NC(=O)C(Cl)(Cl)Cl. The number of carbonyl (C=O) groups excluding carboxylic acids is 2. The van der Waals surface area contributed by atoms with Crippen LogP contribution < -0.4 is 10.7 Å². The average molecular weight is 605 g/mol. The standard InChI is InChI=1S/C24H16Cl6N4O2/c1-12-8-17-19(10-15(12)32-21(35)23(25,26)27)34(14-6-4-3-5-7-14)20-11-16(13(2)9-18(20)31-17)33-22(36)24(28,29)30/h3-11H,1-2H3,(H,32,35). The first-order chi connectivity index (χ1) is 16.8. The molecule has 186 valence electrons. The molecule has 0 aromatic heterocycles. The number of fused-ring (bicyclic) bond motifs is 2. The molecule has 1 aliphatic carbocycles. The summed E-state index contributed by atoms with van der Waals surface area (Å²) in [7, 11) is 0. The number of carbonyl (C=O) groups is 2. The Hall–Kier alpha value is -2.06. The minimum atomic E-state index is -2.19. The number of amides is 2. The Balaban J connectivity index is 2.07. The number of aromatic nitrogens is 2. The van der Waals surface area contributed by atoms with E-state index in [1.165, 1.54) is 0 Å². The van der Waals surface area contributed by atoms with Crippen LogP contribution in [0.4, 0.5) is 5.69 Å². The van der Waals surface area contributed by atoms with Gasteiger partial charge in [0.15, 0.2) is 0 Å². The molecular formula is C24H16Cl6N4O2. The monoisotopic (exact) mass is 602 g/mol. The first kappa shape index (κ1) is 27.0. The Morgan fingerprint density at radius 3 is 2.17 bits per heavy atom. The van der Waals surface area contributed by atoms with E-state index in [1.54, 1.807) is 25.1 Å². The smallest absolute Gasteiger partial charge is 0.298 e. The summed E-state index contributed by atoms with van der Waals surface area (Å²) in [5, 5.41) is 2.97. The minimum absolute atomic E-state index is 0.321. The van der Waals surface area contributed by atoms with Crippen LogP contribution in [0.5, 0.6) is 0 Å². The molecule has 0 atom stereocenters. The lowest BCUT2D eigenvalue weighted by Crippen LogP contribution is -2.27. The van der Waals surface area contributed by atoms with Gasteiger partial charge in [-0.1, -0.05) is 87.8 Å². The number of nitrogens with zero attached hydrogens (tertiary/aromatic N) is 3. The molecular weight excluding hydrogens is 589 g/mol. The van der Waals surface area contributed by atoms with Crippen molar-refractivity contribution in [3.63, 3.8) is 0 Å². The maximum atomic E-state index is 12.3. The zero-order chi connectivity index (χ0) is 26.4. The number of para-hydroxylation sites is 1. The van der Waals surface area contributed by atoms with E-state index in [2.05, 4.69) is 10.3 Å². The molecule has 0 unspecified atom stereocenters. The highest BCUT2D eigenvalue weighted by Crippen LogP contribution is 2.34. The Labute approximate surface area is 236 Å². The van der Waals surface area contributed by atoms with Crippen molar-refractivity contribution in [3.05, 3.63) is 71.1 Å². The summed E-state index contributed by atoms with van der Waals surface area (Å²) in [5.41, 5.74) is 5.17. The molecule has 2 aliphatic rings. The molecule has 2 aromatic carbocycles. The van der Waals surface area contributed by atoms with E-state index in [0.29, 0.717) is 44.6 Å². The largest absolute Gasteiger partial charge is 0.322 e. The molecule has 0 fully saturated rings. The van der Waals surface area contributed by atoms with E-state index in [1.807, 2.05) is 47.9 Å². The number of nitrogens with one attached hydrogen (secondary N) is 1. The van der Waals surface area contributed by atoms with E-state index in [9.17, 15) is 9.59 Å². The Kier molecular flexibility index (Phi) is 7.50. The van der Waals surface area contributed by atoms with Crippen molar-refractivity contribution in [1.82, 2.24) is 9.55 Å². The Bertz CT molecular complexity index is 1540. The molecule has 0 saturated heterocycles. The fraction of sp³-hybridized carbons (Fsp3) is 0.167. The molecule has 2 aromatic rings. The molecule has 2 amide bonds. The van der Waals surface area contributed by atoms with E-state index in [-0.39, 0.29) is 0 Å². The third kappa shape index (κ3) is 5.59. The number of halogens is 6. The third-order valence-electron chi connectivity index (χ3n) is 5.32. The maximum Gasteiger partial charge on any atom is 0.298 e. The van der Waals surface area contributed by atoms with Crippen LogP contribution in [0.15, 0.2) is 59.6 Å². The van der Waals surface area contributed by atoms with Gasteiger partial charge in [-0.2, -0.15) is 0 Å². The summed E-state index contributed by atoms with van der Waals surface area (Å²) >= 11 is 34.4. The van der Waals surface area contributed by atoms with Gasteiger partial charge in [0.1, 0.15) is 0 Å². The van der Waals surface area contributed by atoms with Crippen LogP contribution in [0, 0.1) is 13.8 Å². The van der Waals surface area contributed by atoms with Crippen molar-refractivity contribution in [2.75, 3.05) is 5.32 Å². The van der Waals surface area contributed by atoms with Crippen molar-refractivity contribution < 1.29 is 9.59 Å². The maximum absolute atomic E-state index is 12.3. The van der Waals surface area contributed by atoms with Gasteiger partial charge in [0.2, 0.25) is 0 Å². The highest BCUT2D eigenvalue weighted by atomic mass is 35.6. The second-order valence-corrected chi connectivity index (χ2v) is 12.5. The lowest BCUT2D eigenvalue weighted by molar-refractivity contribution is -0.117. The first-order valence-corrected chi connectivity index (χ1v) is 12.6. The lowest BCUT2D eigenvalue weighted by Gasteiger charge is -2.21. The van der Waals surface area contributed by atoms with Crippen molar-refractivity contribution in [1.29, 1.82) is 0 Å². The molecule has 0 radical (unpaired) electrons. The third-order valence-corrected chi connectivity index (χ3v) is 6.32. The van der Waals surface area contributed by atoms with Crippen LogP contribution in [0.2, 0.25) is 0 Å². The highest BCUT2D eigenvalue weighted by Gasteiger charge is 2.32. The number of rotatable bonds is 2. The van der Waals surface area contributed by atoms with Gasteiger partial charge in [-0.25, -0.2) is 9.98 Å². The minimum Gasteiger partial charge on any atom is -0.322 e. The Morgan fingerprint density at radius 2 is 1.56 bits per heavy atom. The van der Waals surface area contributed by atoms with Gasteiger partial charge in [0, 0.05) is 11.4 Å². The molecule has 1 heterocycles. The van der Waals surface area contributed by atoms with Gasteiger partial charge < -0.3 is 9.88 Å². The van der Waals surface area contributed by atoms with Crippen molar-refractivity contribution in [3.8, 4) is 17.1 Å². The Morgan fingerprint density at radius 1 is 0.889 bits per heavy atom. The summed E-state index contributed by atoms with van der Waals surface area (Å²) in [4.78, 5) is 33.5. The van der Waals surface area contributed by atoms with Crippen LogP contribution in [0.25, 0.3) is 28.1 Å². The number of benzene rings is 3. The second kappa shape index (κ2) is 10.0. The second-order valence-electron chi connectivity index (χ2n) is 7.93. The molecule has 6 nitrogen and oxygen atoms in total. The van der Waals surface area contributed by atoms with Crippen molar-refractivity contribution >= 4 is 98.1 Å². The fourth-order valence-corrected chi connectivity index (χ4v) is 3.89. The van der Waals surface area contributed by atoms with Crippen LogP contribution in [-0.2, 0) is 9.59 Å². The summed E-state index contributed by atoms with van der Waals surface area (Å²) < 4.78 is -2.41. The molecule has 12 heteroatoms. The van der Waals surface area contributed by atoms with Gasteiger partial charge in [-0.15, -0.1) is 0 Å². The number of anilines is 1. The summed E-state index contributed by atoms with van der Waals surface area (Å²) in [6.07, 6.45) is 0. The number of aryl methyl sites for hydroxylation is 2. The van der Waals surface area contributed by atoms with E-state index >= 15 is 0 Å². The zero-order valence-corrected chi connectivity index (χ0v) is 23.2. The molecule has 0 spiro atoms. The fourth-order valence-electron chi connectivity index (χ4n) is 3.62.